The fourth-order valence-electron chi connectivity index (χ4n) is 1.72. The molecule has 0 aliphatic rings. The lowest BCUT2D eigenvalue weighted by Crippen LogP contribution is -2.26. The Bertz CT molecular complexity index is 657. The van der Waals surface area contributed by atoms with Crippen LogP contribution < -0.4 is 0 Å². The second-order valence-electron chi connectivity index (χ2n) is 4.31. The normalized spacial score (nSPS) is 12.2. The molecular weight excluding hydrogens is 266 g/mol. The summed E-state index contributed by atoms with van der Waals surface area (Å²) < 4.78 is 31.1. The van der Waals surface area contributed by atoms with Crippen LogP contribution in [-0.4, -0.2) is 29.7 Å². The highest BCUT2D eigenvalue weighted by Crippen LogP contribution is 2.17. The van der Waals surface area contributed by atoms with Crippen molar-refractivity contribution in [3.63, 3.8) is 0 Å². The Hall–Kier alpha value is -1.60. The largest absolute Gasteiger partial charge is 0.469 e. The number of hydrogen-bond donors (Lipinski definition) is 1. The maximum atomic E-state index is 12.3. The lowest BCUT2D eigenvalue weighted by Gasteiger charge is -2.15. The Labute approximate surface area is 112 Å². The van der Waals surface area contributed by atoms with Crippen molar-refractivity contribution in [1.82, 2.24) is 14.3 Å². The third-order valence-electron chi connectivity index (χ3n) is 2.99. The molecule has 1 N–H and O–H groups in total. The molecule has 0 saturated heterocycles. The molecule has 0 fully saturated rings. The van der Waals surface area contributed by atoms with Crippen molar-refractivity contribution in [2.45, 2.75) is 31.8 Å². The highest BCUT2D eigenvalue weighted by molar-refractivity contribution is 7.89. The van der Waals surface area contributed by atoms with Crippen LogP contribution in [0.15, 0.2) is 28.0 Å². The van der Waals surface area contributed by atoms with Crippen LogP contribution in [0.1, 0.15) is 24.1 Å². The minimum absolute atomic E-state index is 0.119. The summed E-state index contributed by atoms with van der Waals surface area (Å²) in [4.78, 5) is 6.83. The first-order valence-electron chi connectivity index (χ1n) is 5.98. The number of aryl methyl sites for hydroxylation is 2. The molecule has 2 rings (SSSR count). The molecule has 0 saturated carbocycles. The zero-order valence-electron chi connectivity index (χ0n) is 11.2. The van der Waals surface area contributed by atoms with Crippen LogP contribution in [-0.2, 0) is 23.0 Å². The van der Waals surface area contributed by atoms with Crippen LogP contribution in [0.5, 0.6) is 0 Å². The minimum atomic E-state index is -3.55. The number of aromatic nitrogens is 2. The highest BCUT2D eigenvalue weighted by atomic mass is 32.2. The van der Waals surface area contributed by atoms with E-state index < -0.39 is 10.0 Å². The number of imidazole rings is 1. The third kappa shape index (κ3) is 2.71. The van der Waals surface area contributed by atoms with Gasteiger partial charge in [0.25, 0.3) is 10.0 Å². The number of furan rings is 1. The number of rotatable bonds is 5. The number of nitrogens with zero attached hydrogens (tertiary/aromatic N) is 2. The highest BCUT2D eigenvalue weighted by Gasteiger charge is 2.24. The molecule has 0 radical (unpaired) electrons. The zero-order valence-corrected chi connectivity index (χ0v) is 12.0. The minimum Gasteiger partial charge on any atom is -0.469 e. The molecule has 0 unspecified atom stereocenters. The molecule has 0 aromatic carbocycles. The molecule has 0 amide bonds. The molecule has 6 nitrogen and oxygen atoms in total. The van der Waals surface area contributed by atoms with Gasteiger partial charge in [-0.25, -0.2) is 13.4 Å². The molecule has 2 aromatic rings. The molecule has 0 aliphatic heterocycles. The lowest BCUT2D eigenvalue weighted by atomic mass is 10.3. The van der Waals surface area contributed by atoms with Gasteiger partial charge in [0.1, 0.15) is 11.6 Å². The molecular formula is C12H17N3O3S. The Kier molecular flexibility index (Phi) is 3.77. The molecule has 19 heavy (non-hydrogen) atoms. The van der Waals surface area contributed by atoms with Gasteiger partial charge in [-0.2, -0.15) is 4.31 Å². The molecule has 0 aliphatic carbocycles. The van der Waals surface area contributed by atoms with Gasteiger partial charge in [-0.15, -0.1) is 0 Å². The Balaban J connectivity index is 2.22. The maximum absolute atomic E-state index is 12.3. The van der Waals surface area contributed by atoms with Crippen molar-refractivity contribution in [1.29, 1.82) is 0 Å². The number of aromatic amines is 1. The number of H-pyrrole nitrogens is 1. The SMILES string of the molecule is CCc1ncc(S(=O)(=O)N(C)Cc2ccoc2C)[nH]1. The van der Waals surface area contributed by atoms with Crippen molar-refractivity contribution in [3.05, 3.63) is 35.7 Å². The standard InChI is InChI=1S/C12H17N3O3S/c1-4-11-13-7-12(14-11)19(16,17)15(3)8-10-5-6-18-9(10)2/h5-7H,4,8H2,1-3H3,(H,13,14). The van der Waals surface area contributed by atoms with Crippen molar-refractivity contribution in [3.8, 4) is 0 Å². The Morgan fingerprint density at radius 2 is 2.21 bits per heavy atom. The second kappa shape index (κ2) is 5.18. The summed E-state index contributed by atoms with van der Waals surface area (Å²) in [6.45, 7) is 3.99. The summed E-state index contributed by atoms with van der Waals surface area (Å²) in [5.74, 6) is 1.38. The third-order valence-corrected chi connectivity index (χ3v) is 4.70. The van der Waals surface area contributed by atoms with Gasteiger partial charge in [0.2, 0.25) is 0 Å². The van der Waals surface area contributed by atoms with E-state index in [1.165, 1.54) is 17.5 Å². The quantitative estimate of drug-likeness (QED) is 0.905. The first-order chi connectivity index (χ1) is 8.95. The van der Waals surface area contributed by atoms with Gasteiger partial charge in [0.15, 0.2) is 5.03 Å². The second-order valence-corrected chi connectivity index (χ2v) is 6.32. The maximum Gasteiger partial charge on any atom is 0.260 e. The van der Waals surface area contributed by atoms with Gasteiger partial charge < -0.3 is 9.40 Å². The summed E-state index contributed by atoms with van der Waals surface area (Å²) in [6, 6.07) is 1.77. The van der Waals surface area contributed by atoms with Crippen LogP contribution in [0, 0.1) is 6.92 Å². The molecule has 0 bridgehead atoms. The predicted molar refractivity (Wildman–Crippen MR) is 70.1 cm³/mol. The van der Waals surface area contributed by atoms with Crippen LogP contribution >= 0.6 is 0 Å². The topological polar surface area (TPSA) is 79.2 Å². The summed E-state index contributed by atoms with van der Waals surface area (Å²) in [6.07, 6.45) is 3.57. The number of hydrogen-bond acceptors (Lipinski definition) is 4. The summed E-state index contributed by atoms with van der Waals surface area (Å²) in [5.41, 5.74) is 0.848. The predicted octanol–water partition coefficient (Wildman–Crippen LogP) is 1.69. The van der Waals surface area contributed by atoms with E-state index in [0.29, 0.717) is 12.2 Å². The van der Waals surface area contributed by atoms with Gasteiger partial charge in [0.05, 0.1) is 12.5 Å². The van der Waals surface area contributed by atoms with Crippen molar-refractivity contribution < 1.29 is 12.8 Å². The van der Waals surface area contributed by atoms with E-state index in [9.17, 15) is 8.42 Å². The number of sulfonamides is 1. The van der Waals surface area contributed by atoms with Crippen molar-refractivity contribution in [2.24, 2.45) is 0 Å². The van der Waals surface area contributed by atoms with Crippen LogP contribution in [0.25, 0.3) is 0 Å². The van der Waals surface area contributed by atoms with E-state index in [4.69, 9.17) is 4.42 Å². The van der Waals surface area contributed by atoms with Gasteiger partial charge in [-0.05, 0) is 13.0 Å². The van der Waals surface area contributed by atoms with Gasteiger partial charge in [0, 0.05) is 25.6 Å². The average Bonchev–Trinajstić information content (AvgIpc) is 2.99. The molecule has 0 atom stereocenters. The van der Waals surface area contributed by atoms with Crippen LogP contribution in [0.4, 0.5) is 0 Å². The molecule has 0 spiro atoms. The fraction of sp³-hybridized carbons (Fsp3) is 0.417. The van der Waals surface area contributed by atoms with E-state index in [2.05, 4.69) is 9.97 Å². The van der Waals surface area contributed by atoms with Crippen molar-refractivity contribution in [2.75, 3.05) is 7.05 Å². The summed E-state index contributed by atoms with van der Waals surface area (Å²) in [5, 5.41) is 0.119. The van der Waals surface area contributed by atoms with Crippen molar-refractivity contribution >= 4 is 10.0 Å². The molecule has 2 heterocycles. The van der Waals surface area contributed by atoms with Crippen LogP contribution in [0.3, 0.4) is 0 Å². The molecule has 2 aromatic heterocycles. The van der Waals surface area contributed by atoms with E-state index in [1.807, 2.05) is 6.92 Å². The van der Waals surface area contributed by atoms with Gasteiger partial charge >= 0.3 is 0 Å². The lowest BCUT2D eigenvalue weighted by molar-refractivity contribution is 0.456. The first-order valence-corrected chi connectivity index (χ1v) is 7.42. The smallest absolute Gasteiger partial charge is 0.260 e. The summed E-state index contributed by atoms with van der Waals surface area (Å²) >= 11 is 0. The molecule has 104 valence electrons. The zero-order chi connectivity index (χ0) is 14.0. The summed E-state index contributed by atoms with van der Waals surface area (Å²) in [7, 11) is -2.01. The van der Waals surface area contributed by atoms with E-state index in [0.717, 1.165) is 11.3 Å². The fourth-order valence-corrected chi connectivity index (χ4v) is 2.80. The number of nitrogens with one attached hydrogen (secondary N) is 1. The van der Waals surface area contributed by atoms with E-state index in [1.54, 1.807) is 19.3 Å². The van der Waals surface area contributed by atoms with E-state index >= 15 is 0 Å². The van der Waals surface area contributed by atoms with Crippen LogP contribution in [0.2, 0.25) is 0 Å². The van der Waals surface area contributed by atoms with E-state index in [-0.39, 0.29) is 11.6 Å². The monoisotopic (exact) mass is 283 g/mol. The Morgan fingerprint density at radius 1 is 1.47 bits per heavy atom. The molecule has 7 heteroatoms. The first kappa shape index (κ1) is 13.8. The van der Waals surface area contributed by atoms with Gasteiger partial charge in [-0.3, -0.25) is 0 Å². The Morgan fingerprint density at radius 3 is 2.74 bits per heavy atom. The average molecular weight is 283 g/mol. The van der Waals surface area contributed by atoms with Gasteiger partial charge in [-0.1, -0.05) is 6.92 Å².